The molecule has 8 heteroatoms. The van der Waals surface area contributed by atoms with Crippen LogP contribution in [-0.2, 0) is 6.54 Å². The molecule has 168 valence electrons. The molecular formula is C25H26N6O2. The standard InChI is InChI=1S/C25H26N6O2/c1-15(2)31-13-20(21-23(26)28-14-29-24(21)31)22(32)18-5-4-6-19(11-18)30-25(33)27-12-17-9-7-16(3)8-10-17/h4-11,13-15H,12H2,1-3H3,(H2,26,28,29)(H2,27,30,33). The first-order valence-electron chi connectivity index (χ1n) is 10.7. The molecule has 0 atom stereocenters. The molecule has 0 aliphatic rings. The zero-order chi connectivity index (χ0) is 23.5. The zero-order valence-corrected chi connectivity index (χ0v) is 18.8. The molecule has 0 radical (unpaired) electrons. The predicted molar refractivity (Wildman–Crippen MR) is 129 cm³/mol. The molecule has 4 N–H and O–H groups in total. The first-order valence-corrected chi connectivity index (χ1v) is 10.7. The fourth-order valence-corrected chi connectivity index (χ4v) is 3.63. The van der Waals surface area contributed by atoms with Gasteiger partial charge in [-0.05, 0) is 38.5 Å². The largest absolute Gasteiger partial charge is 0.383 e. The Morgan fingerprint density at radius 1 is 1.09 bits per heavy atom. The van der Waals surface area contributed by atoms with E-state index in [0.29, 0.717) is 34.4 Å². The second kappa shape index (κ2) is 9.12. The van der Waals surface area contributed by atoms with Gasteiger partial charge in [-0.3, -0.25) is 4.79 Å². The maximum Gasteiger partial charge on any atom is 0.319 e. The van der Waals surface area contributed by atoms with Crippen molar-refractivity contribution in [2.75, 3.05) is 11.1 Å². The van der Waals surface area contributed by atoms with E-state index in [1.54, 1.807) is 30.5 Å². The fourth-order valence-electron chi connectivity index (χ4n) is 3.63. The lowest BCUT2D eigenvalue weighted by atomic mass is 10.0. The first kappa shape index (κ1) is 22.0. The fraction of sp³-hybridized carbons (Fsp3) is 0.200. The molecule has 2 aromatic heterocycles. The number of nitrogens with one attached hydrogen (secondary N) is 2. The van der Waals surface area contributed by atoms with E-state index in [9.17, 15) is 9.59 Å². The van der Waals surface area contributed by atoms with E-state index in [1.165, 1.54) is 6.33 Å². The number of nitrogen functional groups attached to an aromatic ring is 1. The van der Waals surface area contributed by atoms with Gasteiger partial charge in [0.25, 0.3) is 0 Å². The number of hydrogen-bond donors (Lipinski definition) is 3. The number of aromatic nitrogens is 3. The smallest absolute Gasteiger partial charge is 0.319 e. The minimum Gasteiger partial charge on any atom is -0.383 e. The Bertz CT molecular complexity index is 1320. The van der Waals surface area contributed by atoms with Crippen LogP contribution in [0.1, 0.15) is 46.9 Å². The lowest BCUT2D eigenvalue weighted by molar-refractivity contribution is 0.104. The third-order valence-corrected chi connectivity index (χ3v) is 5.40. The van der Waals surface area contributed by atoms with Crippen LogP contribution in [0.15, 0.2) is 61.1 Å². The summed E-state index contributed by atoms with van der Waals surface area (Å²) in [5, 5.41) is 6.14. The summed E-state index contributed by atoms with van der Waals surface area (Å²) >= 11 is 0. The Labute approximate surface area is 191 Å². The third kappa shape index (κ3) is 4.69. The lowest BCUT2D eigenvalue weighted by Gasteiger charge is -2.09. The molecule has 8 nitrogen and oxygen atoms in total. The number of nitrogens with zero attached hydrogens (tertiary/aromatic N) is 3. The molecular weight excluding hydrogens is 416 g/mol. The van der Waals surface area contributed by atoms with E-state index in [0.717, 1.165) is 11.1 Å². The van der Waals surface area contributed by atoms with Crippen molar-refractivity contribution in [3.8, 4) is 0 Å². The summed E-state index contributed by atoms with van der Waals surface area (Å²) in [6.07, 6.45) is 3.15. The summed E-state index contributed by atoms with van der Waals surface area (Å²) in [6, 6.07) is 14.5. The first-order chi connectivity index (χ1) is 15.8. The number of carbonyl (C=O) groups is 2. The topological polar surface area (TPSA) is 115 Å². The van der Waals surface area contributed by atoms with Crippen molar-refractivity contribution < 1.29 is 9.59 Å². The Morgan fingerprint density at radius 3 is 2.58 bits per heavy atom. The zero-order valence-electron chi connectivity index (χ0n) is 18.8. The molecule has 0 unspecified atom stereocenters. The normalized spacial score (nSPS) is 11.0. The average molecular weight is 443 g/mol. The summed E-state index contributed by atoms with van der Waals surface area (Å²) in [4.78, 5) is 34.1. The van der Waals surface area contributed by atoms with Crippen LogP contribution in [-0.4, -0.2) is 26.3 Å². The maximum atomic E-state index is 13.4. The van der Waals surface area contributed by atoms with E-state index in [1.807, 2.05) is 49.6 Å². The van der Waals surface area contributed by atoms with Crippen LogP contribution in [0.4, 0.5) is 16.3 Å². The van der Waals surface area contributed by atoms with Gasteiger partial charge in [-0.15, -0.1) is 0 Å². The molecule has 2 amide bonds. The molecule has 0 fully saturated rings. The van der Waals surface area contributed by atoms with Crippen molar-refractivity contribution in [3.05, 3.63) is 83.3 Å². The highest BCUT2D eigenvalue weighted by molar-refractivity contribution is 6.18. The van der Waals surface area contributed by atoms with Crippen LogP contribution in [0.3, 0.4) is 0 Å². The van der Waals surface area contributed by atoms with Gasteiger partial charge in [0.2, 0.25) is 0 Å². The molecule has 0 aliphatic heterocycles. The molecule has 2 heterocycles. The van der Waals surface area contributed by atoms with E-state index in [4.69, 9.17) is 5.73 Å². The summed E-state index contributed by atoms with van der Waals surface area (Å²) in [5.74, 6) is 0.0390. The molecule has 4 aromatic rings. The molecule has 0 bridgehead atoms. The number of ketones is 1. The second-order valence-corrected chi connectivity index (χ2v) is 8.20. The quantitative estimate of drug-likeness (QED) is 0.382. The molecule has 4 rings (SSSR count). The predicted octanol–water partition coefficient (Wildman–Crippen LogP) is 4.46. The van der Waals surface area contributed by atoms with Gasteiger partial charge in [-0.25, -0.2) is 14.8 Å². The number of carbonyl (C=O) groups excluding carboxylic acids is 2. The molecule has 0 saturated carbocycles. The molecule has 0 aliphatic carbocycles. The number of benzene rings is 2. The van der Waals surface area contributed by atoms with E-state index in [2.05, 4.69) is 20.6 Å². The van der Waals surface area contributed by atoms with Gasteiger partial charge < -0.3 is 20.9 Å². The van der Waals surface area contributed by atoms with Crippen molar-refractivity contribution in [3.63, 3.8) is 0 Å². The SMILES string of the molecule is Cc1ccc(CNC(=O)Nc2cccc(C(=O)c3cn(C(C)C)c4ncnc(N)c34)c2)cc1. The van der Waals surface area contributed by atoms with Crippen LogP contribution in [0.2, 0.25) is 0 Å². The van der Waals surface area contributed by atoms with Gasteiger partial charge in [0.05, 0.1) is 10.9 Å². The van der Waals surface area contributed by atoms with E-state index in [-0.39, 0.29) is 23.7 Å². The number of fused-ring (bicyclic) bond motifs is 1. The van der Waals surface area contributed by atoms with Crippen LogP contribution in [0.5, 0.6) is 0 Å². The highest BCUT2D eigenvalue weighted by atomic mass is 16.2. The highest BCUT2D eigenvalue weighted by Gasteiger charge is 2.21. The minimum absolute atomic E-state index is 0.0913. The van der Waals surface area contributed by atoms with Gasteiger partial charge in [0.15, 0.2) is 5.78 Å². The number of urea groups is 1. The average Bonchev–Trinajstić information content (AvgIpc) is 3.20. The van der Waals surface area contributed by atoms with Gasteiger partial charge >= 0.3 is 6.03 Å². The van der Waals surface area contributed by atoms with Crippen LogP contribution >= 0.6 is 0 Å². The third-order valence-electron chi connectivity index (χ3n) is 5.40. The highest BCUT2D eigenvalue weighted by Crippen LogP contribution is 2.28. The summed E-state index contributed by atoms with van der Waals surface area (Å²) in [6.45, 7) is 6.43. The van der Waals surface area contributed by atoms with Crippen molar-refractivity contribution >= 4 is 34.4 Å². The Morgan fingerprint density at radius 2 is 1.85 bits per heavy atom. The molecule has 2 aromatic carbocycles. The second-order valence-electron chi connectivity index (χ2n) is 8.20. The van der Waals surface area contributed by atoms with Gasteiger partial charge in [-0.1, -0.05) is 42.0 Å². The van der Waals surface area contributed by atoms with Gasteiger partial charge in [0.1, 0.15) is 17.8 Å². The summed E-state index contributed by atoms with van der Waals surface area (Å²) in [5.41, 5.74) is 10.2. The van der Waals surface area contributed by atoms with E-state index >= 15 is 0 Å². The van der Waals surface area contributed by atoms with Crippen LogP contribution < -0.4 is 16.4 Å². The van der Waals surface area contributed by atoms with Crippen LogP contribution in [0.25, 0.3) is 11.0 Å². The van der Waals surface area contributed by atoms with Gasteiger partial charge in [0, 0.05) is 30.0 Å². The van der Waals surface area contributed by atoms with Crippen molar-refractivity contribution in [2.24, 2.45) is 0 Å². The van der Waals surface area contributed by atoms with E-state index < -0.39 is 0 Å². The Balaban J connectivity index is 1.54. The number of anilines is 2. The molecule has 0 spiro atoms. The summed E-state index contributed by atoms with van der Waals surface area (Å²) < 4.78 is 1.90. The number of amides is 2. The Kier molecular flexibility index (Phi) is 6.08. The Hall–Kier alpha value is -4.20. The van der Waals surface area contributed by atoms with Crippen LogP contribution in [0, 0.1) is 6.92 Å². The monoisotopic (exact) mass is 442 g/mol. The van der Waals surface area contributed by atoms with Crippen molar-refractivity contribution in [1.82, 2.24) is 19.9 Å². The maximum absolute atomic E-state index is 13.4. The van der Waals surface area contributed by atoms with Crippen molar-refractivity contribution in [1.29, 1.82) is 0 Å². The van der Waals surface area contributed by atoms with Crippen molar-refractivity contribution in [2.45, 2.75) is 33.4 Å². The number of rotatable bonds is 6. The summed E-state index contributed by atoms with van der Waals surface area (Å²) in [7, 11) is 0. The number of hydrogen-bond acceptors (Lipinski definition) is 5. The molecule has 0 saturated heterocycles. The molecule has 33 heavy (non-hydrogen) atoms. The number of aryl methyl sites for hydroxylation is 1. The van der Waals surface area contributed by atoms with Gasteiger partial charge in [-0.2, -0.15) is 0 Å². The number of nitrogens with two attached hydrogens (primary N) is 1. The lowest BCUT2D eigenvalue weighted by Crippen LogP contribution is -2.28. The minimum atomic E-state index is -0.353.